The van der Waals surface area contributed by atoms with Gasteiger partial charge in [0.2, 0.25) is 0 Å². The van der Waals surface area contributed by atoms with Crippen molar-refractivity contribution in [2.45, 2.75) is 19.3 Å². The van der Waals surface area contributed by atoms with Crippen molar-refractivity contribution in [1.29, 1.82) is 0 Å². The molecule has 2 N–H and O–H groups in total. The van der Waals surface area contributed by atoms with Crippen LogP contribution < -0.4 is 0 Å². The molecule has 0 fully saturated rings. The molecule has 6 heteroatoms. The van der Waals surface area contributed by atoms with Gasteiger partial charge in [0, 0.05) is 27.2 Å². The SMILES string of the molecule is CN(CCCCCN(C)C(=O)O)C(=O)O. The van der Waals surface area contributed by atoms with E-state index >= 15 is 0 Å². The van der Waals surface area contributed by atoms with Crippen molar-refractivity contribution in [2.24, 2.45) is 0 Å². The fraction of sp³-hybridized carbons (Fsp3) is 0.778. The van der Waals surface area contributed by atoms with Gasteiger partial charge < -0.3 is 20.0 Å². The number of hydrogen-bond acceptors (Lipinski definition) is 2. The highest BCUT2D eigenvalue weighted by atomic mass is 16.4. The lowest BCUT2D eigenvalue weighted by Crippen LogP contribution is -2.27. The van der Waals surface area contributed by atoms with Gasteiger partial charge in [-0.1, -0.05) is 0 Å². The molecule has 88 valence electrons. The maximum Gasteiger partial charge on any atom is 0.407 e. The fourth-order valence-electron chi connectivity index (χ4n) is 1.07. The lowest BCUT2D eigenvalue weighted by atomic mass is 10.2. The van der Waals surface area contributed by atoms with Crippen LogP contribution >= 0.6 is 0 Å². The molecule has 0 spiro atoms. The van der Waals surface area contributed by atoms with E-state index in [1.54, 1.807) is 0 Å². The number of nitrogens with zero attached hydrogens (tertiary/aromatic N) is 2. The van der Waals surface area contributed by atoms with E-state index in [1.807, 2.05) is 0 Å². The van der Waals surface area contributed by atoms with Crippen molar-refractivity contribution in [3.63, 3.8) is 0 Å². The standard InChI is InChI=1S/C9H18N2O4/c1-10(8(12)13)6-4-3-5-7-11(2)9(14)15/h3-7H2,1-2H3,(H,12,13)(H,14,15). The van der Waals surface area contributed by atoms with Crippen molar-refractivity contribution in [2.75, 3.05) is 27.2 Å². The minimum Gasteiger partial charge on any atom is -0.465 e. The number of unbranched alkanes of at least 4 members (excludes halogenated alkanes) is 2. The quantitative estimate of drug-likeness (QED) is 0.660. The van der Waals surface area contributed by atoms with E-state index in [0.29, 0.717) is 13.1 Å². The average Bonchev–Trinajstić information content (AvgIpc) is 2.16. The minimum atomic E-state index is -0.933. The summed E-state index contributed by atoms with van der Waals surface area (Å²) in [6.07, 6.45) is 0.484. The highest BCUT2D eigenvalue weighted by Crippen LogP contribution is 1.99. The van der Waals surface area contributed by atoms with Gasteiger partial charge in [-0.3, -0.25) is 0 Å². The maximum absolute atomic E-state index is 10.4. The van der Waals surface area contributed by atoms with Gasteiger partial charge >= 0.3 is 12.2 Å². The second-order valence-corrected chi connectivity index (χ2v) is 3.47. The minimum absolute atomic E-state index is 0.492. The zero-order valence-corrected chi connectivity index (χ0v) is 9.14. The molecule has 0 rings (SSSR count). The molecule has 6 nitrogen and oxygen atoms in total. The summed E-state index contributed by atoms with van der Waals surface area (Å²) >= 11 is 0. The topological polar surface area (TPSA) is 81.1 Å². The predicted octanol–water partition coefficient (Wildman–Crippen LogP) is 1.38. The van der Waals surface area contributed by atoms with Crippen LogP contribution in [0.1, 0.15) is 19.3 Å². The van der Waals surface area contributed by atoms with Crippen LogP contribution in [0.25, 0.3) is 0 Å². The van der Waals surface area contributed by atoms with Crippen LogP contribution in [0.2, 0.25) is 0 Å². The largest absolute Gasteiger partial charge is 0.465 e. The molecule has 0 heterocycles. The van der Waals surface area contributed by atoms with Crippen LogP contribution in [0.3, 0.4) is 0 Å². The number of carboxylic acid groups (broad SMARTS) is 2. The molecule has 0 aliphatic carbocycles. The monoisotopic (exact) mass is 218 g/mol. The first-order chi connectivity index (χ1) is 6.95. The highest BCUT2D eigenvalue weighted by Gasteiger charge is 2.05. The Labute approximate surface area is 89.1 Å². The first-order valence-electron chi connectivity index (χ1n) is 4.83. The number of amides is 2. The van der Waals surface area contributed by atoms with Crippen molar-refractivity contribution in [1.82, 2.24) is 9.80 Å². The molecule has 0 saturated carbocycles. The van der Waals surface area contributed by atoms with Gasteiger partial charge in [0.05, 0.1) is 0 Å². The zero-order valence-electron chi connectivity index (χ0n) is 9.14. The van der Waals surface area contributed by atoms with Gasteiger partial charge in [-0.25, -0.2) is 9.59 Å². The molecule has 0 radical (unpaired) electrons. The third-order valence-electron chi connectivity index (χ3n) is 2.14. The summed E-state index contributed by atoms with van der Waals surface area (Å²) in [7, 11) is 3.04. The second kappa shape index (κ2) is 6.92. The molecular formula is C9H18N2O4. The van der Waals surface area contributed by atoms with Crippen molar-refractivity contribution in [3.8, 4) is 0 Å². The van der Waals surface area contributed by atoms with Crippen LogP contribution in [0.15, 0.2) is 0 Å². The highest BCUT2D eigenvalue weighted by molar-refractivity contribution is 5.64. The Kier molecular flexibility index (Phi) is 6.24. The number of hydrogen-bond donors (Lipinski definition) is 2. The van der Waals surface area contributed by atoms with Crippen LogP contribution in [-0.4, -0.2) is 59.4 Å². The summed E-state index contributed by atoms with van der Waals surface area (Å²) in [6, 6.07) is 0. The van der Waals surface area contributed by atoms with Crippen LogP contribution in [0, 0.1) is 0 Å². The third-order valence-corrected chi connectivity index (χ3v) is 2.14. The van der Waals surface area contributed by atoms with E-state index in [0.717, 1.165) is 19.3 Å². The summed E-state index contributed by atoms with van der Waals surface area (Å²) in [6.45, 7) is 0.984. The summed E-state index contributed by atoms with van der Waals surface area (Å²) in [4.78, 5) is 23.2. The predicted molar refractivity (Wildman–Crippen MR) is 55.2 cm³/mol. The molecule has 0 aromatic rings. The molecule has 15 heavy (non-hydrogen) atoms. The van der Waals surface area contributed by atoms with Crippen molar-refractivity contribution in [3.05, 3.63) is 0 Å². The van der Waals surface area contributed by atoms with Gasteiger partial charge in [0.1, 0.15) is 0 Å². The number of carbonyl (C=O) groups is 2. The van der Waals surface area contributed by atoms with Crippen LogP contribution in [0.5, 0.6) is 0 Å². The Hall–Kier alpha value is -1.46. The molecule has 0 aromatic carbocycles. The summed E-state index contributed by atoms with van der Waals surface area (Å²) in [5.74, 6) is 0. The van der Waals surface area contributed by atoms with Gasteiger partial charge in [0.15, 0.2) is 0 Å². The Balaban J connectivity index is 3.40. The maximum atomic E-state index is 10.4. The molecule has 0 unspecified atom stereocenters. The van der Waals surface area contributed by atoms with E-state index < -0.39 is 12.2 Å². The first-order valence-corrected chi connectivity index (χ1v) is 4.83. The van der Waals surface area contributed by atoms with E-state index in [9.17, 15) is 9.59 Å². The molecule has 2 amide bonds. The molecule has 0 bridgehead atoms. The molecule has 0 aliphatic rings. The summed E-state index contributed by atoms with van der Waals surface area (Å²) < 4.78 is 0. The normalized spacial score (nSPS) is 9.73. The Bertz CT molecular complexity index is 198. The van der Waals surface area contributed by atoms with Gasteiger partial charge in [-0.05, 0) is 19.3 Å². The Morgan fingerprint density at radius 1 is 0.867 bits per heavy atom. The van der Waals surface area contributed by atoms with Crippen LogP contribution in [-0.2, 0) is 0 Å². The fourth-order valence-corrected chi connectivity index (χ4v) is 1.07. The lowest BCUT2D eigenvalue weighted by Gasteiger charge is -2.14. The molecule has 0 atom stereocenters. The summed E-state index contributed by atoms with van der Waals surface area (Å²) in [5, 5.41) is 17.1. The summed E-state index contributed by atoms with van der Waals surface area (Å²) in [5.41, 5.74) is 0. The van der Waals surface area contributed by atoms with Crippen molar-refractivity contribution >= 4 is 12.2 Å². The van der Waals surface area contributed by atoms with Gasteiger partial charge in [-0.15, -0.1) is 0 Å². The van der Waals surface area contributed by atoms with E-state index in [4.69, 9.17) is 10.2 Å². The van der Waals surface area contributed by atoms with Gasteiger partial charge in [-0.2, -0.15) is 0 Å². The average molecular weight is 218 g/mol. The molecule has 0 saturated heterocycles. The van der Waals surface area contributed by atoms with Gasteiger partial charge in [0.25, 0.3) is 0 Å². The van der Waals surface area contributed by atoms with Crippen molar-refractivity contribution < 1.29 is 19.8 Å². The smallest absolute Gasteiger partial charge is 0.407 e. The van der Waals surface area contributed by atoms with E-state index in [1.165, 1.54) is 23.9 Å². The zero-order chi connectivity index (χ0) is 11.8. The van der Waals surface area contributed by atoms with E-state index in [2.05, 4.69) is 0 Å². The Morgan fingerprint density at radius 3 is 1.47 bits per heavy atom. The third kappa shape index (κ3) is 6.59. The lowest BCUT2D eigenvalue weighted by molar-refractivity contribution is 0.153. The number of rotatable bonds is 6. The molecule has 0 aliphatic heterocycles. The van der Waals surface area contributed by atoms with E-state index in [-0.39, 0.29) is 0 Å². The second-order valence-electron chi connectivity index (χ2n) is 3.47. The molecule has 0 aromatic heterocycles. The molecular weight excluding hydrogens is 200 g/mol. The van der Waals surface area contributed by atoms with Crippen LogP contribution in [0.4, 0.5) is 9.59 Å². The Morgan fingerprint density at radius 2 is 1.20 bits per heavy atom. The first kappa shape index (κ1) is 13.5.